The SMILES string of the molecule is C[C@H]1CSCc2ccc(cc2)N2c3ccc(cc3)CSC[C@@H](C(N)=O)CC(=O)[C@H](C(C)(C)C)NC(=O)[C@H](CC(=O)O)NC(=O)[C@H](Cc3ccc(O)cc3)NC(=O)[C@H](Cc3ccccc3)NC(=O)[C@H](CC(=O)O)NC(=O)[C@H](CCC(=O)O)NC(=O)[C@H](CSCc3ccc2cc3)NC(=O)[C@@H](C)NC(=O)[C@H](Cc2cccc3ccccc23)CC(=O)[C@H](CCC(=O)O)NC(=O)[C@H](CC(N)=O)NC(=O)[C@@H](C)NC1=O. The van der Waals surface area contributed by atoms with Crippen LogP contribution < -0.4 is 74.9 Å². The summed E-state index contributed by atoms with van der Waals surface area (Å²) in [5.41, 5.74) is 15.7. The van der Waals surface area contributed by atoms with E-state index >= 15 is 24.0 Å². The summed E-state index contributed by atoms with van der Waals surface area (Å²) in [6.45, 7) is 8.96. The number of rotatable bonds is 19. The average molecular weight is 1970 g/mol. The minimum Gasteiger partial charge on any atom is -0.508 e. The smallest absolute Gasteiger partial charge is 0.305 e. The molecule has 7 aromatic carbocycles. The van der Waals surface area contributed by atoms with Gasteiger partial charge in [0.05, 0.1) is 37.3 Å². The van der Waals surface area contributed by atoms with Gasteiger partial charge in [-0.2, -0.15) is 35.3 Å². The van der Waals surface area contributed by atoms with E-state index in [4.69, 9.17) is 11.5 Å². The van der Waals surface area contributed by atoms with Crippen LogP contribution in [0.3, 0.4) is 0 Å². The first-order valence-electron chi connectivity index (χ1n) is 44.9. The van der Waals surface area contributed by atoms with Crippen LogP contribution in [0.1, 0.15) is 133 Å². The van der Waals surface area contributed by atoms with E-state index in [2.05, 4.69) is 58.5 Å². The third kappa shape index (κ3) is 33.9. The molecular weight excluding hydrogens is 1850 g/mol. The number of ketones is 2. The quantitative estimate of drug-likeness (QED) is 0.0487. The second kappa shape index (κ2) is 51.8. The second-order valence-electron chi connectivity index (χ2n) is 35.3. The number of aromatic hydroxyl groups is 1. The van der Waals surface area contributed by atoms with Crippen LogP contribution in [0.4, 0.5) is 17.1 Å². The number of thioether (sulfide) groups is 3. The monoisotopic (exact) mass is 1970 g/mol. The number of Topliss-reactive ketones (excluding diaryl/α,β-unsaturated/α-hetero) is 2. The maximum absolute atomic E-state index is 15.3. The molecule has 5 aliphatic heterocycles. The molecule has 8 bridgehead atoms. The standard InChI is InChI=1S/C98H116N14O24S3/c1-53-47-137-48-58-19-27-65(28-20-58)112-66-29-21-59(22-30-66)49-138-51-64(86(100)125)43-79(115)85(98(4,5)6)111-96(135)76(46-84(123)124)109-93(132)73(40-57-25-33-68(113)34-26-57)106-92(131)72(39-56-13-8-7-9-14-56)107-95(134)75(45-83(121)122)108-91(130)71(36-38-82(119)120)104-97(136)77(52-139-50-60-23-31-67(112)32-24-60)110-89(128)55(3)102-90(129)63(41-62-17-12-16-61-15-10-11-18-69(61)62)42-78(114)70(35-37-81(117)118)103-94(133)74(44-80(99)116)105-88(127)54(2)101-87(53)126/h7-34,53-55,63-64,70-77,85,113H,35-52H2,1-6H3,(H2,99,116)(H2,100,125)(H,101,126)(H,102,129)(H,103,133)(H,104,136)(H,105,127)(H,106,131)(H,107,134)(H,108,130)(H,109,132)(H,110,128)(H,111,135)(H,117,118)(H,119,120)(H,121,122)(H,123,124)/t53-,54+,55+,63+,64-,70-,71-,72-,73-,74-,75-,76-,77-,85+/m0/s1. The van der Waals surface area contributed by atoms with E-state index in [0.29, 0.717) is 50.3 Å². The Hall–Kier alpha value is -14.2. The summed E-state index contributed by atoms with van der Waals surface area (Å²) in [5.74, 6) is -25.0. The van der Waals surface area contributed by atoms with Crippen LogP contribution in [0.2, 0.25) is 0 Å². The number of nitrogens with one attached hydrogen (secondary N) is 11. The van der Waals surface area contributed by atoms with Crippen molar-refractivity contribution in [3.05, 3.63) is 203 Å². The van der Waals surface area contributed by atoms with Crippen molar-refractivity contribution in [2.75, 3.05) is 22.2 Å². The lowest BCUT2D eigenvalue weighted by Gasteiger charge is -2.32. The van der Waals surface area contributed by atoms with E-state index in [1.807, 2.05) is 65.6 Å². The van der Waals surface area contributed by atoms with Gasteiger partial charge >= 0.3 is 23.9 Å². The van der Waals surface area contributed by atoms with E-state index in [1.54, 1.807) is 100 Å². The number of nitrogens with two attached hydrogens (primary N) is 2. The van der Waals surface area contributed by atoms with Gasteiger partial charge in [-0.05, 0) is 131 Å². The molecule has 12 rings (SSSR count). The lowest BCUT2D eigenvalue weighted by Crippen LogP contribution is -2.61. The van der Waals surface area contributed by atoms with E-state index in [0.717, 1.165) is 22.9 Å². The van der Waals surface area contributed by atoms with Crippen LogP contribution >= 0.6 is 35.3 Å². The molecule has 7 aromatic rings. The Morgan fingerprint density at radius 3 is 1.30 bits per heavy atom. The topological polar surface area (TPSA) is 613 Å². The van der Waals surface area contributed by atoms with E-state index < -0.39 is 272 Å². The Labute approximate surface area is 813 Å². The predicted octanol–water partition coefficient (Wildman–Crippen LogP) is 4.72. The molecule has 0 saturated heterocycles. The van der Waals surface area contributed by atoms with E-state index in [-0.39, 0.29) is 46.5 Å². The molecule has 0 fully saturated rings. The summed E-state index contributed by atoms with van der Waals surface area (Å²) in [7, 11) is 0. The zero-order valence-corrected chi connectivity index (χ0v) is 79.7. The van der Waals surface area contributed by atoms with Gasteiger partial charge in [-0.25, -0.2) is 0 Å². The Kier molecular flexibility index (Phi) is 40.4. The van der Waals surface area contributed by atoms with Gasteiger partial charge in [0.15, 0.2) is 11.6 Å². The molecule has 5 aliphatic rings. The number of hydrogen-bond acceptors (Lipinski definition) is 24. The number of benzene rings is 7. The molecule has 20 N–H and O–H groups in total. The molecule has 38 nitrogen and oxygen atoms in total. The van der Waals surface area contributed by atoms with Crippen molar-refractivity contribution in [1.82, 2.24) is 58.5 Å². The lowest BCUT2D eigenvalue weighted by molar-refractivity contribution is -0.142. The van der Waals surface area contributed by atoms with Crippen molar-refractivity contribution in [2.45, 2.75) is 202 Å². The minimum absolute atomic E-state index is 0.00155. The molecule has 740 valence electrons. The predicted molar refractivity (Wildman–Crippen MR) is 518 cm³/mol. The number of carboxylic acid groups (broad SMARTS) is 4. The zero-order chi connectivity index (χ0) is 101. The molecule has 13 amide bonds. The molecule has 0 radical (unpaired) electrons. The van der Waals surface area contributed by atoms with Gasteiger partial charge in [-0.3, -0.25) is 91.1 Å². The fraction of sp³-hybridized carbons (Fsp3) is 0.398. The van der Waals surface area contributed by atoms with Crippen molar-refractivity contribution >= 4 is 175 Å². The molecule has 139 heavy (non-hydrogen) atoms. The molecule has 0 saturated carbocycles. The van der Waals surface area contributed by atoms with E-state index in [1.165, 1.54) is 73.8 Å². The molecule has 0 unspecified atom stereocenters. The van der Waals surface area contributed by atoms with Gasteiger partial charge in [-0.1, -0.05) is 149 Å². The van der Waals surface area contributed by atoms with Gasteiger partial charge in [0.25, 0.3) is 0 Å². The summed E-state index contributed by atoms with van der Waals surface area (Å²) in [4.78, 5) is 270. The highest BCUT2D eigenvalue weighted by atomic mass is 32.2. The summed E-state index contributed by atoms with van der Waals surface area (Å²) in [5, 5.41) is 79.9. The highest BCUT2D eigenvalue weighted by Gasteiger charge is 2.42. The molecule has 14 atom stereocenters. The van der Waals surface area contributed by atoms with Gasteiger partial charge in [-0.15, -0.1) is 0 Å². The van der Waals surface area contributed by atoms with Crippen molar-refractivity contribution in [3.8, 4) is 5.75 Å². The van der Waals surface area contributed by atoms with Gasteiger partial charge in [0.2, 0.25) is 76.8 Å². The molecule has 0 spiro atoms. The van der Waals surface area contributed by atoms with Gasteiger partial charge in [0.1, 0.15) is 60.1 Å². The highest BCUT2D eigenvalue weighted by Crippen LogP contribution is 2.37. The number of hydrogen-bond donors (Lipinski definition) is 18. The normalized spacial score (nSPS) is 23.3. The first-order chi connectivity index (χ1) is 65.9. The van der Waals surface area contributed by atoms with Crippen LogP contribution in [-0.4, -0.2) is 221 Å². The molecule has 5 heterocycles. The van der Waals surface area contributed by atoms with Gasteiger partial charge in [0, 0.05) is 102 Å². The maximum Gasteiger partial charge on any atom is 0.305 e. The minimum atomic E-state index is -2.20. The van der Waals surface area contributed by atoms with Crippen molar-refractivity contribution in [3.63, 3.8) is 0 Å². The Morgan fingerprint density at radius 2 is 0.799 bits per heavy atom. The first kappa shape index (κ1) is 108. The van der Waals surface area contributed by atoms with Crippen LogP contribution in [0.25, 0.3) is 10.8 Å². The molecular formula is C98H116N14O24S3. The number of primary amides is 2. The average Bonchev–Trinajstić information content (AvgIpc) is 0.793. The Bertz CT molecular complexity index is 5630. The second-order valence-corrected chi connectivity index (χ2v) is 38.4. The summed E-state index contributed by atoms with van der Waals surface area (Å²) < 4.78 is 0. The number of carboxylic acids is 4. The molecule has 0 aliphatic carbocycles. The van der Waals surface area contributed by atoms with Crippen LogP contribution in [-0.2, 0) is 128 Å². The zero-order valence-electron chi connectivity index (χ0n) is 77.3. The van der Waals surface area contributed by atoms with Crippen LogP contribution in [0.5, 0.6) is 5.75 Å². The fourth-order valence-corrected chi connectivity index (χ4v) is 18.6. The number of carbonyl (C=O) groups excluding carboxylic acids is 15. The number of phenols is 1. The summed E-state index contributed by atoms with van der Waals surface area (Å²) in [6.07, 6.45) is -8.70. The fourth-order valence-electron chi connectivity index (χ4n) is 15.4. The van der Waals surface area contributed by atoms with Crippen molar-refractivity contribution in [2.24, 2.45) is 34.6 Å². The summed E-state index contributed by atoms with van der Waals surface area (Å²) >= 11 is 3.75. The molecule has 0 aromatic heterocycles. The van der Waals surface area contributed by atoms with Crippen molar-refractivity contribution < 1.29 is 117 Å². The third-order valence-electron chi connectivity index (χ3n) is 23.1. The summed E-state index contributed by atoms with van der Waals surface area (Å²) in [6, 6.07) is 27.7. The Morgan fingerprint density at radius 1 is 0.381 bits per heavy atom. The number of fused-ring (bicyclic) bond motifs is 28. The number of aliphatic carboxylic acids is 4. The highest BCUT2D eigenvalue weighted by molar-refractivity contribution is 7.99. The molecule has 41 heteroatoms. The maximum atomic E-state index is 15.3. The first-order valence-corrected chi connectivity index (χ1v) is 48.3. The van der Waals surface area contributed by atoms with Crippen LogP contribution in [0, 0.1) is 23.2 Å². The number of phenolic OH excluding ortho intramolecular Hbond substituents is 1. The van der Waals surface area contributed by atoms with Crippen LogP contribution in [0.15, 0.2) is 170 Å². The number of amides is 13. The number of carbonyl (C=O) groups is 19. The van der Waals surface area contributed by atoms with E-state index in [9.17, 15) is 92.7 Å². The number of anilines is 3. The lowest BCUT2D eigenvalue weighted by atomic mass is 9.81. The Balaban J connectivity index is 1.14. The third-order valence-corrected chi connectivity index (χ3v) is 26.6. The van der Waals surface area contributed by atoms with Gasteiger partial charge < -0.3 is 100 Å². The largest absolute Gasteiger partial charge is 0.508 e. The van der Waals surface area contributed by atoms with Crippen molar-refractivity contribution in [1.29, 1.82) is 0 Å². The number of nitrogens with zero attached hydrogens (tertiary/aromatic N) is 1.